The smallest absolute Gasteiger partial charge is 0.225 e. The van der Waals surface area contributed by atoms with Gasteiger partial charge < -0.3 is 4.90 Å². The summed E-state index contributed by atoms with van der Waals surface area (Å²) in [4.78, 5) is 16.2. The lowest BCUT2D eigenvalue weighted by molar-refractivity contribution is -0.134. The van der Waals surface area contributed by atoms with Crippen molar-refractivity contribution >= 4 is 15.7 Å². The Labute approximate surface area is 138 Å². The van der Waals surface area contributed by atoms with Crippen LogP contribution >= 0.6 is 0 Å². The molecule has 0 saturated carbocycles. The highest BCUT2D eigenvalue weighted by atomic mass is 32.2. The molecule has 0 N–H and O–H groups in total. The normalized spacial score (nSPS) is 29.9. The van der Waals surface area contributed by atoms with Gasteiger partial charge in [-0.1, -0.05) is 30.3 Å². The topological polar surface area (TPSA) is 57.7 Å². The van der Waals surface area contributed by atoms with Crippen molar-refractivity contribution in [1.82, 2.24) is 9.80 Å². The summed E-state index contributed by atoms with van der Waals surface area (Å²) in [7, 11) is 0.404. The molecule has 0 radical (unpaired) electrons. The SMILES string of the molecule is CN(C)C(=O)[C@@H]1CCS(=O)(=O)[C@H]2CN(Cc3ccccc3)C[C@@H]12. The van der Waals surface area contributed by atoms with Crippen LogP contribution in [0.5, 0.6) is 0 Å². The number of amides is 1. The Morgan fingerprint density at radius 2 is 1.91 bits per heavy atom. The Balaban J connectivity index is 1.79. The number of hydrogen-bond donors (Lipinski definition) is 0. The van der Waals surface area contributed by atoms with E-state index in [1.807, 2.05) is 18.2 Å². The molecule has 2 fully saturated rings. The van der Waals surface area contributed by atoms with Gasteiger partial charge in [-0.3, -0.25) is 9.69 Å². The lowest BCUT2D eigenvalue weighted by Crippen LogP contribution is -2.46. The summed E-state index contributed by atoms with van der Waals surface area (Å²) >= 11 is 0. The minimum atomic E-state index is -3.09. The van der Waals surface area contributed by atoms with Gasteiger partial charge in [0, 0.05) is 45.6 Å². The number of rotatable bonds is 3. The van der Waals surface area contributed by atoms with E-state index in [-0.39, 0.29) is 23.5 Å². The fourth-order valence-corrected chi connectivity index (χ4v) is 6.04. The molecular weight excluding hydrogens is 312 g/mol. The number of nitrogens with zero attached hydrogens (tertiary/aromatic N) is 2. The Hall–Kier alpha value is -1.40. The summed E-state index contributed by atoms with van der Waals surface area (Å²) in [6.07, 6.45) is 0.458. The van der Waals surface area contributed by atoms with Gasteiger partial charge in [-0.25, -0.2) is 8.42 Å². The molecule has 0 unspecified atom stereocenters. The second kappa shape index (κ2) is 6.24. The van der Waals surface area contributed by atoms with E-state index in [9.17, 15) is 13.2 Å². The van der Waals surface area contributed by atoms with E-state index in [1.54, 1.807) is 19.0 Å². The Bertz CT molecular complexity index is 672. The van der Waals surface area contributed by atoms with Gasteiger partial charge in [0.05, 0.1) is 11.0 Å². The minimum Gasteiger partial charge on any atom is -0.349 e. The third-order valence-electron chi connectivity index (χ3n) is 5.08. The van der Waals surface area contributed by atoms with Crippen molar-refractivity contribution in [2.75, 3.05) is 32.9 Å². The van der Waals surface area contributed by atoms with Crippen LogP contribution in [0, 0.1) is 11.8 Å². The molecule has 0 aromatic heterocycles. The maximum absolute atomic E-state index is 12.4. The molecule has 2 aliphatic heterocycles. The van der Waals surface area contributed by atoms with Gasteiger partial charge >= 0.3 is 0 Å². The Morgan fingerprint density at radius 3 is 2.57 bits per heavy atom. The molecule has 3 atom stereocenters. The van der Waals surface area contributed by atoms with Crippen molar-refractivity contribution < 1.29 is 13.2 Å². The average molecular weight is 336 g/mol. The highest BCUT2D eigenvalue weighted by Gasteiger charge is 2.50. The maximum atomic E-state index is 12.4. The lowest BCUT2D eigenvalue weighted by atomic mass is 9.87. The molecule has 3 rings (SSSR count). The summed E-state index contributed by atoms with van der Waals surface area (Å²) in [6, 6.07) is 10.1. The molecule has 23 heavy (non-hydrogen) atoms. The molecular formula is C17H24N2O3S. The Kier molecular flexibility index (Phi) is 4.47. The molecule has 1 amide bonds. The zero-order valence-corrected chi connectivity index (χ0v) is 14.5. The molecule has 0 aliphatic carbocycles. The number of hydrogen-bond acceptors (Lipinski definition) is 4. The predicted molar refractivity (Wildman–Crippen MR) is 89.6 cm³/mol. The van der Waals surface area contributed by atoms with Crippen LogP contribution in [0.3, 0.4) is 0 Å². The first-order valence-electron chi connectivity index (χ1n) is 8.07. The molecule has 2 heterocycles. The molecule has 0 spiro atoms. The third-order valence-corrected chi connectivity index (χ3v) is 7.31. The minimum absolute atomic E-state index is 0.0662. The molecule has 0 bridgehead atoms. The molecule has 5 nitrogen and oxygen atoms in total. The molecule has 2 saturated heterocycles. The van der Waals surface area contributed by atoms with E-state index in [0.29, 0.717) is 19.5 Å². The third kappa shape index (κ3) is 3.28. The van der Waals surface area contributed by atoms with Gasteiger partial charge in [-0.15, -0.1) is 0 Å². The van der Waals surface area contributed by atoms with Crippen LogP contribution in [0.2, 0.25) is 0 Å². The zero-order valence-electron chi connectivity index (χ0n) is 13.7. The zero-order chi connectivity index (χ0) is 16.6. The largest absolute Gasteiger partial charge is 0.349 e. The molecule has 2 aliphatic rings. The van der Waals surface area contributed by atoms with Crippen LogP contribution in [-0.4, -0.2) is 62.3 Å². The quantitative estimate of drug-likeness (QED) is 0.827. The number of fused-ring (bicyclic) bond motifs is 1. The molecule has 1 aromatic carbocycles. The number of likely N-dealkylation sites (tertiary alicyclic amines) is 1. The number of benzene rings is 1. The van der Waals surface area contributed by atoms with Gasteiger partial charge in [0.15, 0.2) is 9.84 Å². The van der Waals surface area contributed by atoms with Crippen LogP contribution in [0.4, 0.5) is 0 Å². The van der Waals surface area contributed by atoms with E-state index < -0.39 is 15.1 Å². The summed E-state index contributed by atoms with van der Waals surface area (Å²) < 4.78 is 24.9. The first kappa shape index (κ1) is 16.5. The number of carbonyl (C=O) groups is 1. The standard InChI is InChI=1S/C17H24N2O3S/c1-18(2)17(20)14-8-9-23(21,22)16-12-19(11-15(14)16)10-13-6-4-3-5-7-13/h3-7,14-16H,8-12H2,1-2H3/t14-,15+,16+/m1/s1. The van der Waals surface area contributed by atoms with E-state index in [0.717, 1.165) is 6.54 Å². The fraction of sp³-hybridized carbons (Fsp3) is 0.588. The van der Waals surface area contributed by atoms with Crippen molar-refractivity contribution in [3.63, 3.8) is 0 Å². The molecule has 6 heteroatoms. The first-order valence-corrected chi connectivity index (χ1v) is 9.79. The van der Waals surface area contributed by atoms with Crippen molar-refractivity contribution in [1.29, 1.82) is 0 Å². The van der Waals surface area contributed by atoms with E-state index >= 15 is 0 Å². The van der Waals surface area contributed by atoms with Crippen LogP contribution in [0.25, 0.3) is 0 Å². The van der Waals surface area contributed by atoms with Gasteiger partial charge in [0.25, 0.3) is 0 Å². The van der Waals surface area contributed by atoms with Crippen LogP contribution in [0.1, 0.15) is 12.0 Å². The van der Waals surface area contributed by atoms with Crippen molar-refractivity contribution in [2.45, 2.75) is 18.2 Å². The van der Waals surface area contributed by atoms with Gasteiger partial charge in [-0.05, 0) is 12.0 Å². The lowest BCUT2D eigenvalue weighted by Gasteiger charge is -2.33. The van der Waals surface area contributed by atoms with Crippen LogP contribution in [-0.2, 0) is 21.2 Å². The highest BCUT2D eigenvalue weighted by Crippen LogP contribution is 2.38. The van der Waals surface area contributed by atoms with Crippen molar-refractivity contribution in [3.8, 4) is 0 Å². The van der Waals surface area contributed by atoms with E-state index in [4.69, 9.17) is 0 Å². The van der Waals surface area contributed by atoms with Gasteiger partial charge in [-0.2, -0.15) is 0 Å². The van der Waals surface area contributed by atoms with Gasteiger partial charge in [0.2, 0.25) is 5.91 Å². The Morgan fingerprint density at radius 1 is 1.22 bits per heavy atom. The predicted octanol–water partition coefficient (Wildman–Crippen LogP) is 1.01. The molecule has 126 valence electrons. The monoisotopic (exact) mass is 336 g/mol. The van der Waals surface area contributed by atoms with E-state index in [2.05, 4.69) is 17.0 Å². The van der Waals surface area contributed by atoms with Crippen molar-refractivity contribution in [3.05, 3.63) is 35.9 Å². The fourth-order valence-electron chi connectivity index (χ4n) is 3.91. The summed E-state index contributed by atoms with van der Waals surface area (Å²) in [6.45, 7) is 1.97. The first-order chi connectivity index (χ1) is 10.9. The second-order valence-electron chi connectivity index (χ2n) is 6.88. The summed E-state index contributed by atoms with van der Waals surface area (Å²) in [5.74, 6) is -0.0412. The number of carbonyl (C=O) groups excluding carboxylic acids is 1. The maximum Gasteiger partial charge on any atom is 0.225 e. The van der Waals surface area contributed by atoms with Gasteiger partial charge in [0.1, 0.15) is 0 Å². The summed E-state index contributed by atoms with van der Waals surface area (Å²) in [5, 5.41) is -0.395. The van der Waals surface area contributed by atoms with E-state index in [1.165, 1.54) is 5.56 Å². The second-order valence-corrected chi connectivity index (χ2v) is 9.22. The van der Waals surface area contributed by atoms with Crippen LogP contribution in [0.15, 0.2) is 30.3 Å². The summed E-state index contributed by atoms with van der Waals surface area (Å²) in [5.41, 5.74) is 1.18. The molecule has 1 aromatic rings. The van der Waals surface area contributed by atoms with Crippen molar-refractivity contribution in [2.24, 2.45) is 11.8 Å². The average Bonchev–Trinajstić information content (AvgIpc) is 2.93. The van der Waals surface area contributed by atoms with Crippen LogP contribution < -0.4 is 0 Å². The highest BCUT2D eigenvalue weighted by molar-refractivity contribution is 7.92. The number of sulfone groups is 1.